The summed E-state index contributed by atoms with van der Waals surface area (Å²) in [6.07, 6.45) is -0.112. The van der Waals surface area contributed by atoms with Gasteiger partial charge in [-0.25, -0.2) is 31.1 Å². The molecule has 2 atom stereocenters. The molecular weight excluding hydrogens is 473 g/mol. The van der Waals surface area contributed by atoms with Crippen molar-refractivity contribution in [2.45, 2.75) is 31.4 Å². The molecule has 2 saturated heterocycles. The van der Waals surface area contributed by atoms with Gasteiger partial charge in [-0.15, -0.1) is 0 Å². The molecule has 0 aliphatic carbocycles. The second-order valence-electron chi connectivity index (χ2n) is 8.30. The van der Waals surface area contributed by atoms with Crippen LogP contribution in [0.1, 0.15) is 13.3 Å². The molecule has 0 saturated carbocycles. The van der Waals surface area contributed by atoms with Gasteiger partial charge >= 0.3 is 6.03 Å². The number of carbonyl (C=O) groups excluding carboxylic acids is 1. The fraction of sp³-hybridized carbons (Fsp3) is 0.364. The molecule has 2 aliphatic heterocycles. The smallest absolute Gasteiger partial charge is 0.326 e. The first-order valence-electron chi connectivity index (χ1n) is 10.7. The molecular formula is C22H21F3N4O4S. The number of carbonyl (C=O) groups is 1. The zero-order valence-electron chi connectivity index (χ0n) is 18.0. The number of nitrogens with zero attached hydrogens (tertiary/aromatic N) is 3. The van der Waals surface area contributed by atoms with E-state index in [0.717, 1.165) is 4.90 Å². The molecule has 0 bridgehead atoms. The van der Waals surface area contributed by atoms with Crippen LogP contribution in [0.4, 0.5) is 23.8 Å². The minimum atomic E-state index is -3.90. The average Bonchev–Trinajstić information content (AvgIpc) is 3.34. The lowest BCUT2D eigenvalue weighted by atomic mass is 10.00. The number of aromatic nitrogens is 1. The standard InChI is InChI=1S/C22H21F3N4O4S/c1-2-34(31,32)27-17-12-29-18(22(17,24)25)10-11-28(21(29)30)20-19-14(7-5-9-16(19)33-26-20)13-6-3-4-8-15(13)23/h3-9,17-18,27H,2,10-12H2,1H3/t17-,18-/m1/s1. The van der Waals surface area contributed by atoms with Crippen LogP contribution in [0, 0.1) is 5.82 Å². The SMILES string of the molecule is CCS(=O)(=O)N[C@@H]1CN2C(=O)N(c3noc4cccc(-c5ccccc5F)c34)CC[C@@H]2C1(F)F. The van der Waals surface area contributed by atoms with E-state index in [-0.39, 0.29) is 30.1 Å². The molecule has 0 radical (unpaired) electrons. The lowest BCUT2D eigenvalue weighted by Crippen LogP contribution is -2.56. The predicted octanol–water partition coefficient (Wildman–Crippen LogP) is 3.59. The van der Waals surface area contributed by atoms with Gasteiger partial charge in [-0.05, 0) is 31.0 Å². The molecule has 2 fully saturated rings. The molecule has 180 valence electrons. The van der Waals surface area contributed by atoms with Gasteiger partial charge in [0.15, 0.2) is 11.4 Å². The lowest BCUT2D eigenvalue weighted by Gasteiger charge is -2.37. The van der Waals surface area contributed by atoms with Crippen LogP contribution in [0.2, 0.25) is 0 Å². The van der Waals surface area contributed by atoms with Crippen molar-refractivity contribution in [2.75, 3.05) is 23.7 Å². The Morgan fingerprint density at radius 3 is 2.65 bits per heavy atom. The van der Waals surface area contributed by atoms with Crippen LogP contribution in [0.5, 0.6) is 0 Å². The molecule has 1 aromatic heterocycles. The highest BCUT2D eigenvalue weighted by Gasteiger charge is 2.60. The van der Waals surface area contributed by atoms with Crippen molar-refractivity contribution in [1.82, 2.24) is 14.8 Å². The molecule has 2 aromatic carbocycles. The summed E-state index contributed by atoms with van der Waals surface area (Å²) in [5.74, 6) is -4.17. The average molecular weight is 494 g/mol. The third kappa shape index (κ3) is 3.52. The van der Waals surface area contributed by atoms with E-state index in [9.17, 15) is 17.6 Å². The van der Waals surface area contributed by atoms with E-state index in [1.165, 1.54) is 17.9 Å². The van der Waals surface area contributed by atoms with Crippen LogP contribution < -0.4 is 9.62 Å². The van der Waals surface area contributed by atoms with E-state index in [1.54, 1.807) is 36.4 Å². The van der Waals surface area contributed by atoms with Crippen molar-refractivity contribution in [1.29, 1.82) is 0 Å². The number of fused-ring (bicyclic) bond motifs is 2. The number of hydrogen-bond donors (Lipinski definition) is 1. The summed E-state index contributed by atoms with van der Waals surface area (Å²) in [4.78, 5) is 15.5. The Balaban J connectivity index is 1.52. The van der Waals surface area contributed by atoms with Gasteiger partial charge < -0.3 is 9.42 Å². The number of sulfonamides is 1. The Hall–Kier alpha value is -3.12. The third-order valence-corrected chi connectivity index (χ3v) is 7.77. The number of halogens is 3. The lowest BCUT2D eigenvalue weighted by molar-refractivity contribution is -0.0448. The molecule has 3 heterocycles. The van der Waals surface area contributed by atoms with Gasteiger partial charge in [0, 0.05) is 18.7 Å². The summed E-state index contributed by atoms with van der Waals surface area (Å²) >= 11 is 0. The monoisotopic (exact) mass is 494 g/mol. The summed E-state index contributed by atoms with van der Waals surface area (Å²) in [5, 5.41) is 4.39. The minimum absolute atomic E-state index is 0.0872. The first-order chi connectivity index (χ1) is 16.1. The van der Waals surface area contributed by atoms with E-state index in [2.05, 4.69) is 5.16 Å². The maximum atomic E-state index is 15.0. The summed E-state index contributed by atoms with van der Waals surface area (Å²) in [7, 11) is -3.90. The summed E-state index contributed by atoms with van der Waals surface area (Å²) in [6, 6.07) is 7.14. The number of nitrogens with one attached hydrogen (secondary N) is 1. The highest BCUT2D eigenvalue weighted by molar-refractivity contribution is 7.89. The number of urea groups is 1. The van der Waals surface area contributed by atoms with Crippen LogP contribution in [-0.4, -0.2) is 61.4 Å². The normalized spacial score (nSPS) is 22.4. The summed E-state index contributed by atoms with van der Waals surface area (Å²) in [6.45, 7) is 0.775. The highest BCUT2D eigenvalue weighted by atomic mass is 32.2. The fourth-order valence-corrected chi connectivity index (χ4v) is 5.46. The zero-order valence-corrected chi connectivity index (χ0v) is 18.9. The topological polar surface area (TPSA) is 95.8 Å². The predicted molar refractivity (Wildman–Crippen MR) is 119 cm³/mol. The van der Waals surface area contributed by atoms with Gasteiger partial charge in [0.1, 0.15) is 17.9 Å². The van der Waals surface area contributed by atoms with E-state index in [0.29, 0.717) is 16.5 Å². The Morgan fingerprint density at radius 2 is 1.91 bits per heavy atom. The minimum Gasteiger partial charge on any atom is -0.354 e. The number of hydrogen-bond acceptors (Lipinski definition) is 5. The Kier molecular flexibility index (Phi) is 5.32. The number of benzene rings is 2. The molecule has 3 aromatic rings. The highest BCUT2D eigenvalue weighted by Crippen LogP contribution is 2.42. The Morgan fingerprint density at radius 1 is 1.18 bits per heavy atom. The second-order valence-corrected chi connectivity index (χ2v) is 10.3. The van der Waals surface area contributed by atoms with Crippen LogP contribution in [0.25, 0.3) is 22.1 Å². The van der Waals surface area contributed by atoms with Crippen LogP contribution in [0.3, 0.4) is 0 Å². The molecule has 0 unspecified atom stereocenters. The molecule has 2 aliphatic rings. The van der Waals surface area contributed by atoms with Gasteiger partial charge in [0.05, 0.1) is 11.1 Å². The first kappa shape index (κ1) is 22.7. The first-order valence-corrected chi connectivity index (χ1v) is 12.4. The van der Waals surface area contributed by atoms with Crippen LogP contribution in [-0.2, 0) is 10.0 Å². The number of alkyl halides is 2. The van der Waals surface area contributed by atoms with Gasteiger partial charge in [-0.3, -0.25) is 4.90 Å². The quantitative estimate of drug-likeness (QED) is 0.585. The zero-order chi connectivity index (χ0) is 24.3. The maximum absolute atomic E-state index is 15.0. The molecule has 12 heteroatoms. The van der Waals surface area contributed by atoms with Crippen molar-refractivity contribution >= 4 is 32.8 Å². The van der Waals surface area contributed by atoms with E-state index < -0.39 is 46.4 Å². The van der Waals surface area contributed by atoms with Crippen molar-refractivity contribution in [2.24, 2.45) is 0 Å². The second kappa shape index (κ2) is 7.98. The fourth-order valence-electron chi connectivity index (χ4n) is 4.62. The van der Waals surface area contributed by atoms with E-state index >= 15 is 8.78 Å². The van der Waals surface area contributed by atoms with Crippen LogP contribution in [0.15, 0.2) is 47.0 Å². The van der Waals surface area contributed by atoms with Crippen molar-refractivity contribution in [3.63, 3.8) is 0 Å². The summed E-state index contributed by atoms with van der Waals surface area (Å²) < 4.78 is 75.8. The molecule has 2 amide bonds. The largest absolute Gasteiger partial charge is 0.354 e. The maximum Gasteiger partial charge on any atom is 0.326 e. The molecule has 34 heavy (non-hydrogen) atoms. The van der Waals surface area contributed by atoms with Gasteiger partial charge in [-0.1, -0.05) is 35.5 Å². The van der Waals surface area contributed by atoms with Crippen molar-refractivity contribution in [3.05, 3.63) is 48.3 Å². The number of anilines is 1. The Bertz CT molecular complexity index is 1380. The summed E-state index contributed by atoms with van der Waals surface area (Å²) in [5.41, 5.74) is 1.04. The van der Waals surface area contributed by atoms with Gasteiger partial charge in [-0.2, -0.15) is 0 Å². The van der Waals surface area contributed by atoms with E-state index in [4.69, 9.17) is 4.52 Å². The Labute approximate surface area is 193 Å². The third-order valence-electron chi connectivity index (χ3n) is 6.37. The molecule has 0 spiro atoms. The van der Waals surface area contributed by atoms with Gasteiger partial charge in [0.25, 0.3) is 5.92 Å². The van der Waals surface area contributed by atoms with Crippen molar-refractivity contribution < 1.29 is 30.9 Å². The van der Waals surface area contributed by atoms with Gasteiger partial charge in [0.2, 0.25) is 10.0 Å². The number of amides is 2. The molecule has 1 N–H and O–H groups in total. The van der Waals surface area contributed by atoms with Crippen molar-refractivity contribution in [3.8, 4) is 11.1 Å². The van der Waals surface area contributed by atoms with E-state index in [1.807, 2.05) is 4.72 Å². The number of rotatable bonds is 5. The molecule has 8 nitrogen and oxygen atoms in total. The molecule has 5 rings (SSSR count). The van der Waals surface area contributed by atoms with Crippen LogP contribution >= 0.6 is 0 Å².